The number of allylic oxidation sites excluding steroid dienone is 5. The average Bonchev–Trinajstić information content (AvgIpc) is 2.73. The van der Waals surface area contributed by atoms with Crippen LogP contribution in [0.5, 0.6) is 0 Å². The van der Waals surface area contributed by atoms with E-state index in [1.165, 1.54) is 24.2 Å². The smallest absolute Gasteiger partial charge is 0.256 e. The van der Waals surface area contributed by atoms with Gasteiger partial charge in [-0.15, -0.1) is 11.3 Å². The fraction of sp³-hybridized carbons (Fsp3) is 0.389. The molecule has 0 bridgehead atoms. The summed E-state index contributed by atoms with van der Waals surface area (Å²) in [6.07, 6.45) is 12.2. The van der Waals surface area contributed by atoms with Gasteiger partial charge < -0.3 is 4.90 Å². The van der Waals surface area contributed by atoms with Crippen molar-refractivity contribution in [3.63, 3.8) is 0 Å². The molecule has 118 valence electrons. The standard InChI is InChI=1S/C18H22ClNOS/c1-3-9-14(10-4-2)16-13-15(17(19)22-16)18(21)20-11-7-5-6-8-12-20/h3-4,9-10,13H,1,5-8,11-12H2,2H3/b10-4-,14-9+. The molecule has 0 atom stereocenters. The Kier molecular flexibility index (Phi) is 6.47. The van der Waals surface area contributed by atoms with Crippen LogP contribution < -0.4 is 0 Å². The predicted octanol–water partition coefficient (Wildman–Crippen LogP) is 5.56. The van der Waals surface area contributed by atoms with Crippen molar-refractivity contribution in [2.24, 2.45) is 0 Å². The maximum Gasteiger partial charge on any atom is 0.256 e. The van der Waals surface area contributed by atoms with Crippen LogP contribution in [0.2, 0.25) is 4.34 Å². The van der Waals surface area contributed by atoms with Crippen molar-refractivity contribution in [2.75, 3.05) is 13.1 Å². The lowest BCUT2D eigenvalue weighted by molar-refractivity contribution is 0.0762. The summed E-state index contributed by atoms with van der Waals surface area (Å²) in [7, 11) is 0. The highest BCUT2D eigenvalue weighted by atomic mass is 35.5. The minimum Gasteiger partial charge on any atom is -0.339 e. The van der Waals surface area contributed by atoms with E-state index in [1.807, 2.05) is 36.1 Å². The molecule has 1 saturated heterocycles. The van der Waals surface area contributed by atoms with Gasteiger partial charge in [-0.05, 0) is 31.4 Å². The summed E-state index contributed by atoms with van der Waals surface area (Å²) in [6.45, 7) is 7.39. The first-order valence-corrected chi connectivity index (χ1v) is 8.91. The Morgan fingerprint density at radius 3 is 2.59 bits per heavy atom. The van der Waals surface area contributed by atoms with Gasteiger partial charge in [0.1, 0.15) is 4.34 Å². The summed E-state index contributed by atoms with van der Waals surface area (Å²) < 4.78 is 0.573. The number of hydrogen-bond acceptors (Lipinski definition) is 2. The Morgan fingerprint density at radius 1 is 1.32 bits per heavy atom. The van der Waals surface area contributed by atoms with Gasteiger partial charge in [0.05, 0.1) is 5.56 Å². The molecule has 22 heavy (non-hydrogen) atoms. The summed E-state index contributed by atoms with van der Waals surface area (Å²) in [5.74, 6) is 0.0628. The van der Waals surface area contributed by atoms with Gasteiger partial charge in [0.2, 0.25) is 0 Å². The number of likely N-dealkylation sites (tertiary alicyclic amines) is 1. The van der Waals surface area contributed by atoms with Crippen molar-refractivity contribution in [2.45, 2.75) is 32.6 Å². The number of amides is 1. The summed E-state index contributed by atoms with van der Waals surface area (Å²) in [5.41, 5.74) is 1.65. The fourth-order valence-electron chi connectivity index (χ4n) is 2.63. The number of halogens is 1. The molecule has 1 aromatic heterocycles. The van der Waals surface area contributed by atoms with Crippen LogP contribution in [0.1, 0.15) is 47.8 Å². The molecule has 1 aliphatic heterocycles. The van der Waals surface area contributed by atoms with Gasteiger partial charge in [0.25, 0.3) is 5.91 Å². The molecule has 0 saturated carbocycles. The van der Waals surface area contributed by atoms with E-state index in [1.54, 1.807) is 6.08 Å². The molecule has 0 N–H and O–H groups in total. The number of thiophene rings is 1. The molecule has 0 unspecified atom stereocenters. The lowest BCUT2D eigenvalue weighted by atomic mass is 10.1. The topological polar surface area (TPSA) is 20.3 Å². The van der Waals surface area contributed by atoms with E-state index in [9.17, 15) is 4.79 Å². The molecule has 1 aromatic rings. The molecule has 2 heterocycles. The Balaban J connectivity index is 2.26. The van der Waals surface area contributed by atoms with Crippen molar-refractivity contribution in [1.29, 1.82) is 0 Å². The quantitative estimate of drug-likeness (QED) is 0.659. The van der Waals surface area contributed by atoms with Gasteiger partial charge in [0.15, 0.2) is 0 Å². The fourth-order valence-corrected chi connectivity index (χ4v) is 3.89. The lowest BCUT2D eigenvalue weighted by Crippen LogP contribution is -2.31. The van der Waals surface area contributed by atoms with E-state index in [2.05, 4.69) is 6.58 Å². The van der Waals surface area contributed by atoms with Crippen LogP contribution in [-0.4, -0.2) is 23.9 Å². The summed E-state index contributed by atoms with van der Waals surface area (Å²) >= 11 is 7.79. The van der Waals surface area contributed by atoms with Crippen LogP contribution in [0.3, 0.4) is 0 Å². The Labute approximate surface area is 141 Å². The zero-order valence-electron chi connectivity index (χ0n) is 13.0. The van der Waals surface area contributed by atoms with Gasteiger partial charge in [0, 0.05) is 18.0 Å². The van der Waals surface area contributed by atoms with Gasteiger partial charge in [-0.1, -0.05) is 55.3 Å². The highest BCUT2D eigenvalue weighted by Gasteiger charge is 2.22. The van der Waals surface area contributed by atoms with Crippen LogP contribution in [-0.2, 0) is 0 Å². The molecule has 4 heteroatoms. The van der Waals surface area contributed by atoms with Crippen molar-refractivity contribution in [3.8, 4) is 0 Å². The van der Waals surface area contributed by atoms with E-state index in [-0.39, 0.29) is 5.91 Å². The molecule has 1 aliphatic rings. The second-order valence-electron chi connectivity index (χ2n) is 5.36. The third kappa shape index (κ3) is 4.11. The van der Waals surface area contributed by atoms with Crippen LogP contribution in [0.25, 0.3) is 5.57 Å². The molecule has 0 radical (unpaired) electrons. The maximum atomic E-state index is 12.7. The Morgan fingerprint density at radius 2 is 2.00 bits per heavy atom. The van der Waals surface area contributed by atoms with Crippen molar-refractivity contribution >= 4 is 34.4 Å². The Hall–Kier alpha value is -1.32. The van der Waals surface area contributed by atoms with Gasteiger partial charge >= 0.3 is 0 Å². The van der Waals surface area contributed by atoms with Crippen molar-refractivity contribution in [3.05, 3.63) is 51.7 Å². The molecule has 2 nitrogen and oxygen atoms in total. The van der Waals surface area contributed by atoms with Gasteiger partial charge in [-0.2, -0.15) is 0 Å². The second-order valence-corrected chi connectivity index (χ2v) is 7.02. The van der Waals surface area contributed by atoms with E-state index in [4.69, 9.17) is 11.6 Å². The first kappa shape index (κ1) is 17.0. The second kappa shape index (κ2) is 8.35. The number of rotatable bonds is 4. The number of hydrogen-bond donors (Lipinski definition) is 0. The zero-order chi connectivity index (χ0) is 15.9. The molecule has 2 rings (SSSR count). The first-order chi connectivity index (χ1) is 10.7. The predicted molar refractivity (Wildman–Crippen MR) is 96.7 cm³/mol. The third-order valence-electron chi connectivity index (χ3n) is 3.74. The van der Waals surface area contributed by atoms with E-state index >= 15 is 0 Å². The highest BCUT2D eigenvalue weighted by Crippen LogP contribution is 2.34. The molecular weight excluding hydrogens is 314 g/mol. The Bertz CT molecular complexity index is 592. The maximum absolute atomic E-state index is 12.7. The highest BCUT2D eigenvalue weighted by molar-refractivity contribution is 7.17. The van der Waals surface area contributed by atoms with Gasteiger partial charge in [-0.25, -0.2) is 0 Å². The number of carbonyl (C=O) groups is 1. The van der Waals surface area contributed by atoms with E-state index < -0.39 is 0 Å². The molecule has 0 aliphatic carbocycles. The molecule has 1 fully saturated rings. The molecular formula is C18H22ClNOS. The summed E-state index contributed by atoms with van der Waals surface area (Å²) in [5, 5.41) is 0. The number of carbonyl (C=O) groups excluding carboxylic acids is 1. The van der Waals surface area contributed by atoms with E-state index in [0.29, 0.717) is 9.90 Å². The summed E-state index contributed by atoms with van der Waals surface area (Å²) in [4.78, 5) is 15.7. The number of nitrogens with zero attached hydrogens (tertiary/aromatic N) is 1. The molecule has 0 spiro atoms. The normalized spacial score (nSPS) is 16.8. The van der Waals surface area contributed by atoms with Crippen molar-refractivity contribution in [1.82, 2.24) is 4.90 Å². The van der Waals surface area contributed by atoms with Crippen LogP contribution in [0.15, 0.2) is 36.9 Å². The first-order valence-electron chi connectivity index (χ1n) is 7.71. The van der Waals surface area contributed by atoms with Gasteiger partial charge in [-0.3, -0.25) is 4.79 Å². The van der Waals surface area contributed by atoms with Crippen molar-refractivity contribution < 1.29 is 4.79 Å². The lowest BCUT2D eigenvalue weighted by Gasteiger charge is -2.19. The zero-order valence-corrected chi connectivity index (χ0v) is 14.6. The average molecular weight is 336 g/mol. The SMILES string of the molecule is C=C/C=C(\C=C/C)c1cc(C(=O)N2CCCCCC2)c(Cl)s1. The monoisotopic (exact) mass is 335 g/mol. The van der Waals surface area contributed by atoms with E-state index in [0.717, 1.165) is 36.4 Å². The largest absolute Gasteiger partial charge is 0.339 e. The molecule has 0 aromatic carbocycles. The van der Waals surface area contributed by atoms with Crippen LogP contribution >= 0.6 is 22.9 Å². The molecule has 1 amide bonds. The third-order valence-corrected chi connectivity index (χ3v) is 5.15. The van der Waals surface area contributed by atoms with Crippen LogP contribution in [0, 0.1) is 0 Å². The minimum atomic E-state index is 0.0628. The van der Waals surface area contributed by atoms with Crippen LogP contribution in [0.4, 0.5) is 0 Å². The minimum absolute atomic E-state index is 0.0628. The summed E-state index contributed by atoms with van der Waals surface area (Å²) in [6, 6.07) is 1.91.